The lowest BCUT2D eigenvalue weighted by Gasteiger charge is -2.35. The fraction of sp³-hybridized carbons (Fsp3) is 0.500. The van der Waals surface area contributed by atoms with E-state index in [0.717, 1.165) is 37.7 Å². The Morgan fingerprint density at radius 3 is 2.65 bits per heavy atom. The molecule has 1 amide bonds. The SMILES string of the molecule is CN=C(NCCC(C)N(C)Cc1ccccc1)N1CCN(c2cnn(C)c2)C(=O)C1.I. The molecule has 170 valence electrons. The largest absolute Gasteiger partial charge is 0.356 e. The summed E-state index contributed by atoms with van der Waals surface area (Å²) >= 11 is 0. The number of aromatic nitrogens is 2. The van der Waals surface area contributed by atoms with Gasteiger partial charge in [-0.15, -0.1) is 24.0 Å². The van der Waals surface area contributed by atoms with Crippen LogP contribution in [0.4, 0.5) is 5.69 Å². The molecule has 1 aliphatic heterocycles. The molecule has 0 aliphatic carbocycles. The van der Waals surface area contributed by atoms with Crippen molar-refractivity contribution in [1.82, 2.24) is 24.9 Å². The molecule has 2 aromatic rings. The molecule has 1 fully saturated rings. The number of piperazine rings is 1. The third kappa shape index (κ3) is 6.93. The maximum atomic E-state index is 12.6. The Bertz CT molecular complexity index is 855. The summed E-state index contributed by atoms with van der Waals surface area (Å²) < 4.78 is 1.71. The lowest BCUT2D eigenvalue weighted by molar-refractivity contribution is -0.120. The van der Waals surface area contributed by atoms with E-state index in [9.17, 15) is 4.79 Å². The number of halogens is 1. The first-order chi connectivity index (χ1) is 14.5. The molecule has 1 atom stereocenters. The van der Waals surface area contributed by atoms with Crippen molar-refractivity contribution in [3.8, 4) is 0 Å². The number of aryl methyl sites for hydroxylation is 1. The number of hydrogen-bond donors (Lipinski definition) is 1. The highest BCUT2D eigenvalue weighted by Crippen LogP contribution is 2.16. The van der Waals surface area contributed by atoms with Crippen LogP contribution in [0.5, 0.6) is 0 Å². The Labute approximate surface area is 202 Å². The summed E-state index contributed by atoms with van der Waals surface area (Å²) in [6.07, 6.45) is 4.59. The molecular weight excluding hydrogens is 505 g/mol. The predicted molar refractivity (Wildman–Crippen MR) is 136 cm³/mol. The summed E-state index contributed by atoms with van der Waals surface area (Å²) in [5.74, 6) is 0.847. The Balaban J connectivity index is 0.00000341. The zero-order chi connectivity index (χ0) is 21.5. The van der Waals surface area contributed by atoms with Gasteiger partial charge in [-0.3, -0.25) is 19.4 Å². The van der Waals surface area contributed by atoms with Crippen molar-refractivity contribution in [3.05, 3.63) is 48.3 Å². The Hall–Kier alpha value is -2.14. The number of nitrogens with zero attached hydrogens (tertiary/aromatic N) is 6. The van der Waals surface area contributed by atoms with Crippen molar-refractivity contribution in [2.75, 3.05) is 45.2 Å². The van der Waals surface area contributed by atoms with Crippen LogP contribution in [0.3, 0.4) is 0 Å². The second-order valence-corrected chi connectivity index (χ2v) is 7.85. The summed E-state index contributed by atoms with van der Waals surface area (Å²) in [6.45, 7) is 5.67. The monoisotopic (exact) mass is 539 g/mol. The number of anilines is 1. The van der Waals surface area contributed by atoms with E-state index in [1.807, 2.05) is 24.2 Å². The zero-order valence-corrected chi connectivity index (χ0v) is 21.2. The minimum Gasteiger partial charge on any atom is -0.356 e. The fourth-order valence-corrected chi connectivity index (χ4v) is 3.65. The Morgan fingerprint density at radius 1 is 1.29 bits per heavy atom. The number of amides is 1. The van der Waals surface area contributed by atoms with Crippen LogP contribution in [0.1, 0.15) is 18.9 Å². The van der Waals surface area contributed by atoms with Gasteiger partial charge in [0.15, 0.2) is 5.96 Å². The van der Waals surface area contributed by atoms with Gasteiger partial charge < -0.3 is 15.1 Å². The van der Waals surface area contributed by atoms with E-state index in [2.05, 4.69) is 58.5 Å². The predicted octanol–water partition coefficient (Wildman–Crippen LogP) is 2.17. The molecule has 0 radical (unpaired) electrons. The molecule has 8 nitrogen and oxygen atoms in total. The van der Waals surface area contributed by atoms with Crippen LogP contribution in [0.15, 0.2) is 47.7 Å². The van der Waals surface area contributed by atoms with E-state index in [4.69, 9.17) is 0 Å². The average Bonchev–Trinajstić information content (AvgIpc) is 3.17. The molecule has 1 unspecified atom stereocenters. The molecule has 1 aromatic carbocycles. The number of carbonyl (C=O) groups is 1. The number of aliphatic imine (C=N–C) groups is 1. The first kappa shape index (κ1) is 25.1. The van der Waals surface area contributed by atoms with Gasteiger partial charge in [-0.1, -0.05) is 30.3 Å². The molecule has 0 saturated carbocycles. The maximum absolute atomic E-state index is 12.6. The second-order valence-electron chi connectivity index (χ2n) is 7.85. The summed E-state index contributed by atoms with van der Waals surface area (Å²) in [4.78, 5) is 23.2. The van der Waals surface area contributed by atoms with Crippen LogP contribution >= 0.6 is 24.0 Å². The molecule has 1 aromatic heterocycles. The first-order valence-electron chi connectivity index (χ1n) is 10.5. The molecule has 0 bridgehead atoms. The minimum atomic E-state index is 0. The summed E-state index contributed by atoms with van der Waals surface area (Å²) in [5.41, 5.74) is 2.17. The van der Waals surface area contributed by atoms with Crippen LogP contribution in [0, 0.1) is 0 Å². The Kier molecular flexibility index (Phi) is 9.76. The van der Waals surface area contributed by atoms with Gasteiger partial charge in [0, 0.05) is 52.5 Å². The van der Waals surface area contributed by atoms with E-state index >= 15 is 0 Å². The smallest absolute Gasteiger partial charge is 0.246 e. The van der Waals surface area contributed by atoms with Crippen LogP contribution in [0.2, 0.25) is 0 Å². The topological polar surface area (TPSA) is 69.0 Å². The van der Waals surface area contributed by atoms with Crippen LogP contribution in [-0.4, -0.2) is 77.8 Å². The van der Waals surface area contributed by atoms with E-state index in [1.165, 1.54) is 5.56 Å². The van der Waals surface area contributed by atoms with Gasteiger partial charge in [0.2, 0.25) is 5.91 Å². The minimum absolute atomic E-state index is 0. The van der Waals surface area contributed by atoms with Crippen molar-refractivity contribution >= 4 is 41.5 Å². The number of guanidine groups is 1. The molecule has 2 heterocycles. The highest BCUT2D eigenvalue weighted by Gasteiger charge is 2.27. The average molecular weight is 539 g/mol. The highest BCUT2D eigenvalue weighted by atomic mass is 127. The Morgan fingerprint density at radius 2 is 2.03 bits per heavy atom. The van der Waals surface area contributed by atoms with Gasteiger partial charge in [0.1, 0.15) is 6.54 Å². The van der Waals surface area contributed by atoms with Gasteiger partial charge in [0.25, 0.3) is 0 Å². The van der Waals surface area contributed by atoms with Crippen LogP contribution < -0.4 is 10.2 Å². The van der Waals surface area contributed by atoms with E-state index in [-0.39, 0.29) is 29.9 Å². The van der Waals surface area contributed by atoms with Crippen molar-refractivity contribution in [3.63, 3.8) is 0 Å². The molecule has 3 rings (SSSR count). The van der Waals surface area contributed by atoms with E-state index < -0.39 is 0 Å². The lowest BCUT2D eigenvalue weighted by Crippen LogP contribution is -2.55. The summed E-state index contributed by atoms with van der Waals surface area (Å²) in [6, 6.07) is 10.9. The van der Waals surface area contributed by atoms with Crippen molar-refractivity contribution in [2.24, 2.45) is 12.0 Å². The number of hydrogen-bond acceptors (Lipinski definition) is 4. The van der Waals surface area contributed by atoms with E-state index in [0.29, 0.717) is 19.1 Å². The molecule has 0 spiro atoms. The quantitative estimate of drug-likeness (QED) is 0.332. The molecular formula is C22H34IN7O. The standard InChI is InChI=1S/C22H33N7O.HI/c1-18(26(3)15-19-8-6-5-7-9-19)10-11-24-22(23-2)28-12-13-29(21(30)17-28)20-14-25-27(4)16-20;/h5-9,14,16,18H,10-13,15,17H2,1-4H3,(H,23,24);1H. The first-order valence-corrected chi connectivity index (χ1v) is 10.5. The highest BCUT2D eigenvalue weighted by molar-refractivity contribution is 14.0. The van der Waals surface area contributed by atoms with Gasteiger partial charge in [-0.05, 0) is 26.0 Å². The number of nitrogens with one attached hydrogen (secondary N) is 1. The third-order valence-corrected chi connectivity index (χ3v) is 5.61. The molecule has 1 N–H and O–H groups in total. The molecule has 9 heteroatoms. The normalized spacial score (nSPS) is 15.8. The van der Waals surface area contributed by atoms with Crippen molar-refractivity contribution in [1.29, 1.82) is 0 Å². The van der Waals surface area contributed by atoms with Crippen LogP contribution in [-0.2, 0) is 18.4 Å². The fourth-order valence-electron chi connectivity index (χ4n) is 3.65. The zero-order valence-electron chi connectivity index (χ0n) is 18.9. The van der Waals surface area contributed by atoms with Crippen molar-refractivity contribution < 1.29 is 4.79 Å². The van der Waals surface area contributed by atoms with Gasteiger partial charge in [-0.25, -0.2) is 0 Å². The lowest BCUT2D eigenvalue weighted by atomic mass is 10.1. The number of carbonyl (C=O) groups excluding carboxylic acids is 1. The molecule has 1 saturated heterocycles. The second kappa shape index (κ2) is 12.0. The van der Waals surface area contributed by atoms with Crippen molar-refractivity contribution in [2.45, 2.75) is 25.9 Å². The molecule has 1 aliphatic rings. The number of benzene rings is 1. The molecule has 31 heavy (non-hydrogen) atoms. The van der Waals surface area contributed by atoms with Gasteiger partial charge >= 0.3 is 0 Å². The van der Waals surface area contributed by atoms with E-state index in [1.54, 1.807) is 22.8 Å². The maximum Gasteiger partial charge on any atom is 0.246 e. The summed E-state index contributed by atoms with van der Waals surface area (Å²) in [7, 11) is 5.78. The van der Waals surface area contributed by atoms with Crippen LogP contribution in [0.25, 0.3) is 0 Å². The van der Waals surface area contributed by atoms with Gasteiger partial charge in [0.05, 0.1) is 11.9 Å². The van der Waals surface area contributed by atoms with Gasteiger partial charge in [-0.2, -0.15) is 5.10 Å². The summed E-state index contributed by atoms with van der Waals surface area (Å²) in [5, 5.41) is 7.59. The number of rotatable bonds is 7. The third-order valence-electron chi connectivity index (χ3n) is 5.61.